The van der Waals surface area contributed by atoms with Crippen LogP contribution in [0, 0.1) is 0 Å². The molecule has 5 heterocycles. The molecule has 0 saturated carbocycles. The number of likely N-dealkylation sites (tertiary alicyclic amines) is 1. The summed E-state index contributed by atoms with van der Waals surface area (Å²) in [7, 11) is 0. The van der Waals surface area contributed by atoms with E-state index in [0.29, 0.717) is 17.3 Å². The minimum atomic E-state index is 0.178. The molecule has 1 amide bonds. The van der Waals surface area contributed by atoms with Crippen LogP contribution >= 0.6 is 11.3 Å². The highest BCUT2D eigenvalue weighted by Crippen LogP contribution is 2.35. The fourth-order valence-corrected chi connectivity index (χ4v) is 5.58. The van der Waals surface area contributed by atoms with Crippen molar-refractivity contribution in [2.24, 2.45) is 0 Å². The molecule has 3 aromatic heterocycles. The van der Waals surface area contributed by atoms with Crippen molar-refractivity contribution in [1.29, 1.82) is 0 Å². The molecule has 7 nitrogen and oxygen atoms in total. The zero-order valence-corrected chi connectivity index (χ0v) is 18.0. The Kier molecular flexibility index (Phi) is 4.43. The van der Waals surface area contributed by atoms with Crippen molar-refractivity contribution in [3.8, 4) is 10.9 Å². The minimum absolute atomic E-state index is 0.178. The standard InChI is InChI=1S/C23H22N4O3S/c1-14(28)26-11-16-4-5-17(12-26)27(16)13-19-10-15-9-18(6-7-21(15)29-19)30-23-25-20-3-2-8-24-22(20)31-23/h2-3,6-10,16-17H,4-5,11-13H2,1H3. The molecule has 8 heteroatoms. The molecular formula is C23H22N4O3S. The molecule has 1 aromatic carbocycles. The van der Waals surface area contributed by atoms with E-state index in [9.17, 15) is 4.79 Å². The first-order valence-electron chi connectivity index (χ1n) is 10.6. The summed E-state index contributed by atoms with van der Waals surface area (Å²) in [6.07, 6.45) is 4.04. The Labute approximate surface area is 183 Å². The Morgan fingerprint density at radius 3 is 2.84 bits per heavy atom. The molecule has 0 aliphatic carbocycles. The van der Waals surface area contributed by atoms with Crippen LogP contribution in [0.15, 0.2) is 47.0 Å². The summed E-state index contributed by atoms with van der Waals surface area (Å²) in [4.78, 5) is 25.9. The molecule has 31 heavy (non-hydrogen) atoms. The van der Waals surface area contributed by atoms with E-state index in [4.69, 9.17) is 9.15 Å². The summed E-state index contributed by atoms with van der Waals surface area (Å²) >= 11 is 1.43. The van der Waals surface area contributed by atoms with Crippen LogP contribution in [0.1, 0.15) is 25.5 Å². The van der Waals surface area contributed by atoms with Gasteiger partial charge in [-0.15, -0.1) is 0 Å². The second-order valence-electron chi connectivity index (χ2n) is 8.30. The van der Waals surface area contributed by atoms with Crippen LogP contribution < -0.4 is 4.74 Å². The second kappa shape index (κ2) is 7.32. The number of hydrogen-bond acceptors (Lipinski definition) is 7. The lowest BCUT2D eigenvalue weighted by atomic mass is 10.1. The van der Waals surface area contributed by atoms with Gasteiger partial charge in [0.1, 0.15) is 27.4 Å². The van der Waals surface area contributed by atoms with Crippen LogP contribution in [0.3, 0.4) is 0 Å². The number of thiazole rings is 1. The molecule has 0 radical (unpaired) electrons. The van der Waals surface area contributed by atoms with E-state index in [0.717, 1.165) is 65.3 Å². The molecule has 0 spiro atoms. The quantitative estimate of drug-likeness (QED) is 0.473. The number of carbonyl (C=O) groups excluding carboxylic acids is 1. The van der Waals surface area contributed by atoms with Crippen molar-refractivity contribution in [3.63, 3.8) is 0 Å². The number of benzene rings is 1. The maximum atomic E-state index is 11.8. The Morgan fingerprint density at radius 2 is 2.06 bits per heavy atom. The zero-order chi connectivity index (χ0) is 20.9. The van der Waals surface area contributed by atoms with Crippen LogP contribution in [0.25, 0.3) is 21.3 Å². The van der Waals surface area contributed by atoms with Gasteiger partial charge in [0.15, 0.2) is 0 Å². The van der Waals surface area contributed by atoms with Gasteiger partial charge in [0.25, 0.3) is 5.19 Å². The molecule has 2 unspecified atom stereocenters. The fraction of sp³-hybridized carbons (Fsp3) is 0.348. The Hall–Kier alpha value is -2.97. The number of hydrogen-bond donors (Lipinski definition) is 0. The van der Waals surface area contributed by atoms with Gasteiger partial charge >= 0.3 is 0 Å². The van der Waals surface area contributed by atoms with Gasteiger partial charge < -0.3 is 14.1 Å². The predicted molar refractivity (Wildman–Crippen MR) is 118 cm³/mol. The van der Waals surface area contributed by atoms with Gasteiger partial charge in [-0.3, -0.25) is 9.69 Å². The van der Waals surface area contributed by atoms with Crippen molar-refractivity contribution in [2.75, 3.05) is 13.1 Å². The van der Waals surface area contributed by atoms with Gasteiger partial charge in [-0.25, -0.2) is 9.97 Å². The van der Waals surface area contributed by atoms with E-state index in [2.05, 4.69) is 20.9 Å². The van der Waals surface area contributed by atoms with Crippen LogP contribution in [0.2, 0.25) is 0 Å². The smallest absolute Gasteiger partial charge is 0.281 e. The molecule has 2 fully saturated rings. The number of rotatable bonds is 4. The number of amides is 1. The average Bonchev–Trinajstić information content (AvgIpc) is 3.40. The summed E-state index contributed by atoms with van der Waals surface area (Å²) in [5, 5.41) is 1.60. The SMILES string of the molecule is CC(=O)N1CC2CCC(C1)N2Cc1cc2cc(Oc3nc4cccnc4s3)ccc2o1. The van der Waals surface area contributed by atoms with Crippen LogP contribution in [0.5, 0.6) is 10.9 Å². The van der Waals surface area contributed by atoms with E-state index in [1.165, 1.54) is 11.3 Å². The number of nitrogens with zero attached hydrogens (tertiary/aromatic N) is 4. The maximum absolute atomic E-state index is 11.8. The summed E-state index contributed by atoms with van der Waals surface area (Å²) in [5.41, 5.74) is 1.69. The van der Waals surface area contributed by atoms with Crippen molar-refractivity contribution in [2.45, 2.75) is 38.4 Å². The van der Waals surface area contributed by atoms with Crippen molar-refractivity contribution >= 4 is 38.6 Å². The number of aromatic nitrogens is 2. The van der Waals surface area contributed by atoms with Crippen molar-refractivity contribution < 1.29 is 13.9 Å². The molecule has 0 N–H and O–H groups in total. The number of furan rings is 1. The Bertz CT molecular complexity index is 1240. The topological polar surface area (TPSA) is 71.7 Å². The lowest BCUT2D eigenvalue weighted by Gasteiger charge is -2.40. The van der Waals surface area contributed by atoms with Gasteiger partial charge in [0.2, 0.25) is 5.91 Å². The summed E-state index contributed by atoms with van der Waals surface area (Å²) in [5.74, 6) is 1.86. The van der Waals surface area contributed by atoms with Gasteiger partial charge in [-0.2, -0.15) is 0 Å². The highest BCUT2D eigenvalue weighted by atomic mass is 32.1. The molecule has 4 aromatic rings. The third-order valence-electron chi connectivity index (χ3n) is 6.31. The number of piperazine rings is 1. The molecular weight excluding hydrogens is 412 g/mol. The van der Waals surface area contributed by atoms with Crippen molar-refractivity contribution in [1.82, 2.24) is 19.8 Å². The van der Waals surface area contributed by atoms with E-state index < -0.39 is 0 Å². The van der Waals surface area contributed by atoms with E-state index in [-0.39, 0.29) is 5.91 Å². The first kappa shape index (κ1) is 18.8. The average molecular weight is 435 g/mol. The van der Waals surface area contributed by atoms with Crippen LogP contribution in [0.4, 0.5) is 0 Å². The van der Waals surface area contributed by atoms with E-state index >= 15 is 0 Å². The summed E-state index contributed by atoms with van der Waals surface area (Å²) in [6.45, 7) is 4.08. The normalized spacial score (nSPS) is 21.3. The number of ether oxygens (including phenoxy) is 1. The van der Waals surface area contributed by atoms with E-state index in [1.807, 2.05) is 35.2 Å². The predicted octanol–water partition coefficient (Wildman–Crippen LogP) is 4.42. The molecule has 2 aliphatic heterocycles. The van der Waals surface area contributed by atoms with Gasteiger partial charge in [0, 0.05) is 43.7 Å². The highest BCUT2D eigenvalue weighted by molar-refractivity contribution is 7.19. The third-order valence-corrected chi connectivity index (χ3v) is 7.17. The largest absolute Gasteiger partial charge is 0.460 e. The first-order valence-corrected chi connectivity index (χ1v) is 11.4. The molecule has 6 rings (SSSR count). The lowest BCUT2D eigenvalue weighted by Crippen LogP contribution is -2.54. The number of carbonyl (C=O) groups is 1. The van der Waals surface area contributed by atoms with Gasteiger partial charge in [0.05, 0.1) is 6.54 Å². The number of pyridine rings is 1. The molecule has 2 bridgehead atoms. The first-order chi connectivity index (χ1) is 15.1. The summed E-state index contributed by atoms with van der Waals surface area (Å²) < 4.78 is 12.1. The zero-order valence-electron chi connectivity index (χ0n) is 17.2. The maximum Gasteiger partial charge on any atom is 0.281 e. The molecule has 158 valence electrons. The number of fused-ring (bicyclic) bond motifs is 4. The Balaban J connectivity index is 1.20. The highest BCUT2D eigenvalue weighted by Gasteiger charge is 2.40. The van der Waals surface area contributed by atoms with Crippen molar-refractivity contribution in [3.05, 3.63) is 48.4 Å². The molecule has 2 saturated heterocycles. The van der Waals surface area contributed by atoms with Gasteiger partial charge in [-0.1, -0.05) is 11.3 Å². The van der Waals surface area contributed by atoms with E-state index in [1.54, 1.807) is 13.1 Å². The molecule has 2 atom stereocenters. The minimum Gasteiger partial charge on any atom is -0.460 e. The second-order valence-corrected chi connectivity index (χ2v) is 9.24. The molecule has 2 aliphatic rings. The summed E-state index contributed by atoms with van der Waals surface area (Å²) in [6, 6.07) is 12.6. The lowest BCUT2D eigenvalue weighted by molar-refractivity contribution is -0.132. The van der Waals surface area contributed by atoms with Crippen LogP contribution in [-0.2, 0) is 11.3 Å². The monoisotopic (exact) mass is 434 g/mol. The van der Waals surface area contributed by atoms with Gasteiger partial charge in [-0.05, 0) is 49.2 Å². The van der Waals surface area contributed by atoms with Crippen LogP contribution in [-0.4, -0.2) is 50.8 Å². The Morgan fingerprint density at radius 1 is 1.23 bits per heavy atom. The third kappa shape index (κ3) is 3.45. The fourth-order valence-electron chi connectivity index (χ4n) is 4.80.